The van der Waals surface area contributed by atoms with Crippen LogP contribution in [0.5, 0.6) is 0 Å². The standard InChI is InChI=1S/C4H6B2N2O/c5-2-1-7-8-4(9)3(2)6/h1H,5-6H2,(H,8,9). The number of rotatable bonds is 0. The largest absolute Gasteiger partial charge is 0.269 e. The zero-order chi connectivity index (χ0) is 6.85. The van der Waals surface area contributed by atoms with Gasteiger partial charge in [-0.15, -0.1) is 0 Å². The molecule has 0 saturated heterocycles. The van der Waals surface area contributed by atoms with E-state index in [-0.39, 0.29) is 5.56 Å². The van der Waals surface area contributed by atoms with E-state index in [4.69, 9.17) is 0 Å². The van der Waals surface area contributed by atoms with Crippen LogP contribution in [0.25, 0.3) is 0 Å². The van der Waals surface area contributed by atoms with E-state index in [0.717, 1.165) is 10.9 Å². The van der Waals surface area contributed by atoms with Crippen LogP contribution in [0.3, 0.4) is 0 Å². The minimum Gasteiger partial charge on any atom is -0.269 e. The Morgan fingerprint density at radius 2 is 2.22 bits per heavy atom. The maximum atomic E-state index is 10.7. The smallest absolute Gasteiger partial charge is 0.257 e. The van der Waals surface area contributed by atoms with Crippen LogP contribution < -0.4 is 16.5 Å². The molecule has 0 bridgehead atoms. The Morgan fingerprint density at radius 3 is 2.67 bits per heavy atom. The van der Waals surface area contributed by atoms with Crippen molar-refractivity contribution in [1.29, 1.82) is 0 Å². The van der Waals surface area contributed by atoms with Gasteiger partial charge >= 0.3 is 0 Å². The number of nitrogens with zero attached hydrogens (tertiary/aromatic N) is 1. The molecule has 44 valence electrons. The molecule has 1 heterocycles. The van der Waals surface area contributed by atoms with Gasteiger partial charge in [-0.1, -0.05) is 5.46 Å². The first-order valence-electron chi connectivity index (χ1n) is 2.72. The highest BCUT2D eigenvalue weighted by atomic mass is 16.1. The molecule has 0 atom stereocenters. The van der Waals surface area contributed by atoms with Crippen LogP contribution in [-0.4, -0.2) is 25.9 Å². The molecule has 1 aromatic heterocycles. The fourth-order valence-corrected chi connectivity index (χ4v) is 0.547. The third-order valence-corrected chi connectivity index (χ3v) is 1.36. The predicted octanol–water partition coefficient (Wildman–Crippen LogP) is -3.71. The Balaban J connectivity index is 3.43. The predicted molar refractivity (Wildman–Crippen MR) is 41.2 cm³/mol. The number of nitrogens with one attached hydrogen (secondary N) is 1. The first-order chi connectivity index (χ1) is 4.22. The summed E-state index contributed by atoms with van der Waals surface area (Å²) in [5, 5.41) is 5.94. The minimum absolute atomic E-state index is 0.102. The summed E-state index contributed by atoms with van der Waals surface area (Å²) in [6.07, 6.45) is 1.64. The van der Waals surface area contributed by atoms with Crippen LogP contribution in [0.2, 0.25) is 0 Å². The van der Waals surface area contributed by atoms with Gasteiger partial charge in [-0.25, -0.2) is 5.10 Å². The van der Waals surface area contributed by atoms with Crippen LogP contribution >= 0.6 is 0 Å². The van der Waals surface area contributed by atoms with Crippen LogP contribution in [0.1, 0.15) is 0 Å². The molecule has 1 aromatic rings. The van der Waals surface area contributed by atoms with E-state index >= 15 is 0 Å². The van der Waals surface area contributed by atoms with Crippen LogP contribution in [-0.2, 0) is 0 Å². The van der Waals surface area contributed by atoms with Crippen molar-refractivity contribution in [3.05, 3.63) is 16.6 Å². The van der Waals surface area contributed by atoms with E-state index in [1.54, 1.807) is 14.0 Å². The zero-order valence-electron chi connectivity index (χ0n) is 5.43. The van der Waals surface area contributed by atoms with Crippen molar-refractivity contribution >= 4 is 26.6 Å². The summed E-state index contributed by atoms with van der Waals surface area (Å²) in [6, 6.07) is 0. The molecule has 0 aliphatic heterocycles. The highest BCUT2D eigenvalue weighted by molar-refractivity contribution is 6.48. The number of hydrogen-bond acceptors (Lipinski definition) is 2. The molecule has 0 aromatic carbocycles. The number of aromatic amines is 1. The van der Waals surface area contributed by atoms with Crippen molar-refractivity contribution < 1.29 is 0 Å². The summed E-state index contributed by atoms with van der Waals surface area (Å²) in [5.74, 6) is 0. The van der Waals surface area contributed by atoms with Crippen LogP contribution in [0, 0.1) is 0 Å². The first kappa shape index (κ1) is 6.13. The summed E-state index contributed by atoms with van der Waals surface area (Å²) < 4.78 is 0. The Hall–Kier alpha value is -0.990. The molecule has 0 radical (unpaired) electrons. The summed E-state index contributed by atoms with van der Waals surface area (Å²) in [4.78, 5) is 10.7. The summed E-state index contributed by atoms with van der Waals surface area (Å²) in [5.41, 5.74) is 1.57. The van der Waals surface area contributed by atoms with Gasteiger partial charge in [0.05, 0.1) is 0 Å². The van der Waals surface area contributed by atoms with Crippen LogP contribution in [0.4, 0.5) is 0 Å². The van der Waals surface area contributed by atoms with Gasteiger partial charge in [0.15, 0.2) is 0 Å². The van der Waals surface area contributed by atoms with Crippen molar-refractivity contribution in [2.24, 2.45) is 0 Å². The quantitative estimate of drug-likeness (QED) is 0.358. The van der Waals surface area contributed by atoms with E-state index in [9.17, 15) is 4.79 Å². The van der Waals surface area contributed by atoms with Gasteiger partial charge in [-0.05, 0) is 5.46 Å². The molecule has 0 saturated carbocycles. The Kier molecular flexibility index (Phi) is 1.42. The molecule has 0 aliphatic rings. The second kappa shape index (κ2) is 2.09. The first-order valence-corrected chi connectivity index (χ1v) is 2.72. The summed E-state index contributed by atoms with van der Waals surface area (Å²) in [7, 11) is 3.63. The molecule has 5 heteroatoms. The fraction of sp³-hybridized carbons (Fsp3) is 0. The molecule has 1 N–H and O–H groups in total. The van der Waals surface area contributed by atoms with Crippen molar-refractivity contribution in [2.45, 2.75) is 0 Å². The highest BCUT2D eigenvalue weighted by Crippen LogP contribution is 1.52. The summed E-state index contributed by atoms with van der Waals surface area (Å²) >= 11 is 0. The lowest BCUT2D eigenvalue weighted by Crippen LogP contribution is -2.40. The lowest BCUT2D eigenvalue weighted by atomic mass is 9.83. The lowest BCUT2D eigenvalue weighted by Gasteiger charge is -1.92. The highest BCUT2D eigenvalue weighted by Gasteiger charge is 1.93. The maximum Gasteiger partial charge on any atom is 0.257 e. The van der Waals surface area contributed by atoms with E-state index < -0.39 is 0 Å². The molecule has 0 unspecified atom stereocenters. The second-order valence-corrected chi connectivity index (χ2v) is 2.01. The Morgan fingerprint density at radius 1 is 1.56 bits per heavy atom. The number of hydrogen-bond donors (Lipinski definition) is 1. The SMILES string of the molecule is Bc1cn[nH]c(=O)c1B. The molecule has 0 fully saturated rings. The topological polar surface area (TPSA) is 45.8 Å². The molecule has 0 aliphatic carbocycles. The number of H-pyrrole nitrogens is 1. The zero-order valence-corrected chi connectivity index (χ0v) is 5.43. The Labute approximate surface area is 54.3 Å². The molecule has 1 rings (SSSR count). The van der Waals surface area contributed by atoms with E-state index in [1.165, 1.54) is 0 Å². The molecular weight excluding hydrogens is 114 g/mol. The molecule has 3 nitrogen and oxygen atoms in total. The Bertz CT molecular complexity index is 270. The van der Waals surface area contributed by atoms with Gasteiger partial charge < -0.3 is 0 Å². The van der Waals surface area contributed by atoms with Gasteiger partial charge in [-0.2, -0.15) is 5.10 Å². The summed E-state index contributed by atoms with van der Waals surface area (Å²) in [6.45, 7) is 0. The van der Waals surface area contributed by atoms with E-state index in [2.05, 4.69) is 10.2 Å². The lowest BCUT2D eigenvalue weighted by molar-refractivity contribution is 1.01. The second-order valence-electron chi connectivity index (χ2n) is 2.01. The average molecular weight is 120 g/mol. The van der Waals surface area contributed by atoms with Gasteiger partial charge in [0, 0.05) is 6.20 Å². The van der Waals surface area contributed by atoms with Gasteiger partial charge in [-0.3, -0.25) is 4.79 Å². The molecule has 0 spiro atoms. The van der Waals surface area contributed by atoms with Crippen molar-refractivity contribution in [3.63, 3.8) is 0 Å². The van der Waals surface area contributed by atoms with Crippen LogP contribution in [0.15, 0.2) is 11.0 Å². The normalized spacial score (nSPS) is 9.33. The van der Waals surface area contributed by atoms with Crippen molar-refractivity contribution in [1.82, 2.24) is 10.2 Å². The molecular formula is C4H6B2N2O. The third-order valence-electron chi connectivity index (χ3n) is 1.36. The van der Waals surface area contributed by atoms with Gasteiger partial charge in [0.25, 0.3) is 5.56 Å². The molecule has 0 amide bonds. The van der Waals surface area contributed by atoms with Gasteiger partial charge in [0.2, 0.25) is 0 Å². The van der Waals surface area contributed by atoms with E-state index in [1.807, 2.05) is 7.85 Å². The average Bonchev–Trinajstić information content (AvgIpc) is 1.83. The maximum absolute atomic E-state index is 10.7. The fourth-order valence-electron chi connectivity index (χ4n) is 0.547. The number of aromatic nitrogens is 2. The van der Waals surface area contributed by atoms with E-state index in [0.29, 0.717) is 0 Å². The molecule has 9 heavy (non-hydrogen) atoms. The van der Waals surface area contributed by atoms with Gasteiger partial charge in [0.1, 0.15) is 15.7 Å². The van der Waals surface area contributed by atoms with Crippen molar-refractivity contribution in [2.75, 3.05) is 0 Å². The monoisotopic (exact) mass is 120 g/mol. The minimum atomic E-state index is -0.102. The van der Waals surface area contributed by atoms with Crippen molar-refractivity contribution in [3.8, 4) is 0 Å². The third kappa shape index (κ3) is 1.04.